The molecule has 1 amide bonds. The fourth-order valence-corrected chi connectivity index (χ4v) is 3.37. The van der Waals surface area contributed by atoms with E-state index in [0.29, 0.717) is 18.8 Å². The highest BCUT2D eigenvalue weighted by atomic mass is 16.4. The molecule has 0 aromatic carbocycles. The molecular formula is C16H25NO3. The predicted molar refractivity (Wildman–Crippen MR) is 77.2 cm³/mol. The van der Waals surface area contributed by atoms with Gasteiger partial charge < -0.3 is 10.4 Å². The Morgan fingerprint density at radius 2 is 1.70 bits per heavy atom. The molecule has 2 unspecified atom stereocenters. The van der Waals surface area contributed by atoms with Crippen LogP contribution in [0.4, 0.5) is 0 Å². The van der Waals surface area contributed by atoms with E-state index in [-0.39, 0.29) is 11.9 Å². The normalized spacial score (nSPS) is 34.2. The molecule has 2 aliphatic carbocycles. The number of carbonyl (C=O) groups is 2. The van der Waals surface area contributed by atoms with E-state index in [2.05, 4.69) is 12.2 Å². The number of nitrogens with one attached hydrogen (secondary N) is 1. The molecule has 1 fully saturated rings. The third-order valence-corrected chi connectivity index (χ3v) is 4.78. The highest BCUT2D eigenvalue weighted by molar-refractivity contribution is 5.85. The Labute approximate surface area is 120 Å². The maximum atomic E-state index is 12.4. The van der Waals surface area contributed by atoms with Crippen molar-refractivity contribution in [3.63, 3.8) is 0 Å². The Balaban J connectivity index is 1.99. The summed E-state index contributed by atoms with van der Waals surface area (Å²) in [7, 11) is 0. The zero-order valence-corrected chi connectivity index (χ0v) is 12.2. The molecule has 2 aliphatic rings. The molecule has 0 saturated heterocycles. The van der Waals surface area contributed by atoms with Crippen LogP contribution in [0.25, 0.3) is 0 Å². The topological polar surface area (TPSA) is 66.4 Å². The van der Waals surface area contributed by atoms with Crippen molar-refractivity contribution in [3.8, 4) is 0 Å². The summed E-state index contributed by atoms with van der Waals surface area (Å²) in [6, 6.07) is 0.213. The number of hydrogen-bond acceptors (Lipinski definition) is 2. The Morgan fingerprint density at radius 3 is 2.40 bits per heavy atom. The standard InChI is InChI=1S/C16H25NO3/c1-11-7-3-2-4-10-14(11)17-15(18)12-8-5-6-9-13(12)16(19)20/h5-6,11-14H,2-4,7-10H2,1H3,(H,17,18)(H,19,20)/t11?,12-,13+,14?/m1/s1. The first-order valence-electron chi connectivity index (χ1n) is 7.77. The van der Waals surface area contributed by atoms with Crippen molar-refractivity contribution in [1.82, 2.24) is 5.32 Å². The number of carbonyl (C=O) groups excluding carboxylic acids is 1. The van der Waals surface area contributed by atoms with Gasteiger partial charge in [-0.05, 0) is 31.6 Å². The second-order valence-electron chi connectivity index (χ2n) is 6.22. The van der Waals surface area contributed by atoms with Crippen molar-refractivity contribution in [2.45, 2.75) is 57.9 Å². The van der Waals surface area contributed by atoms with Gasteiger partial charge in [0.15, 0.2) is 0 Å². The van der Waals surface area contributed by atoms with Gasteiger partial charge in [-0.25, -0.2) is 0 Å². The molecule has 0 heterocycles. The zero-order chi connectivity index (χ0) is 14.5. The van der Waals surface area contributed by atoms with Crippen LogP contribution in [0.2, 0.25) is 0 Å². The first kappa shape index (κ1) is 15.1. The van der Waals surface area contributed by atoms with Crippen LogP contribution in [0.15, 0.2) is 12.2 Å². The summed E-state index contributed by atoms with van der Waals surface area (Å²) in [6.45, 7) is 2.19. The molecule has 4 heteroatoms. The molecule has 0 aromatic heterocycles. The van der Waals surface area contributed by atoms with Crippen molar-refractivity contribution < 1.29 is 14.7 Å². The zero-order valence-electron chi connectivity index (χ0n) is 12.2. The molecule has 0 aliphatic heterocycles. The largest absolute Gasteiger partial charge is 0.481 e. The fraction of sp³-hybridized carbons (Fsp3) is 0.750. The van der Waals surface area contributed by atoms with Crippen molar-refractivity contribution in [2.75, 3.05) is 0 Å². The second kappa shape index (κ2) is 6.91. The lowest BCUT2D eigenvalue weighted by Crippen LogP contribution is -2.45. The van der Waals surface area contributed by atoms with Gasteiger partial charge in [-0.3, -0.25) is 9.59 Å². The summed E-state index contributed by atoms with van der Waals surface area (Å²) >= 11 is 0. The molecule has 0 radical (unpaired) electrons. The van der Waals surface area contributed by atoms with Gasteiger partial charge in [0.1, 0.15) is 0 Å². The van der Waals surface area contributed by atoms with Crippen LogP contribution in [0.3, 0.4) is 0 Å². The van der Waals surface area contributed by atoms with Crippen LogP contribution in [0.5, 0.6) is 0 Å². The van der Waals surface area contributed by atoms with Gasteiger partial charge in [-0.2, -0.15) is 0 Å². The number of hydrogen-bond donors (Lipinski definition) is 2. The van der Waals surface area contributed by atoms with Crippen LogP contribution < -0.4 is 5.32 Å². The van der Waals surface area contributed by atoms with E-state index in [0.717, 1.165) is 19.3 Å². The van der Waals surface area contributed by atoms with Gasteiger partial charge in [0.2, 0.25) is 5.91 Å². The first-order chi connectivity index (χ1) is 9.59. The van der Waals surface area contributed by atoms with Crippen molar-refractivity contribution in [2.24, 2.45) is 17.8 Å². The van der Waals surface area contributed by atoms with E-state index in [1.165, 1.54) is 12.8 Å². The monoisotopic (exact) mass is 279 g/mol. The van der Waals surface area contributed by atoms with Crippen molar-refractivity contribution in [3.05, 3.63) is 12.2 Å². The molecule has 0 spiro atoms. The summed E-state index contributed by atoms with van der Waals surface area (Å²) < 4.78 is 0. The molecule has 2 rings (SSSR count). The number of carboxylic acids is 1. The number of carboxylic acid groups (broad SMARTS) is 1. The molecule has 1 saturated carbocycles. The number of allylic oxidation sites excluding steroid dienone is 2. The summed E-state index contributed by atoms with van der Waals surface area (Å²) in [5, 5.41) is 12.4. The maximum Gasteiger partial charge on any atom is 0.307 e. The lowest BCUT2D eigenvalue weighted by Gasteiger charge is -2.29. The van der Waals surface area contributed by atoms with Crippen LogP contribution in [-0.4, -0.2) is 23.0 Å². The lowest BCUT2D eigenvalue weighted by atomic mass is 9.82. The van der Waals surface area contributed by atoms with Gasteiger partial charge in [0, 0.05) is 6.04 Å². The summed E-state index contributed by atoms with van der Waals surface area (Å²) in [5.74, 6) is -1.41. The Bertz CT molecular complexity index is 391. The summed E-state index contributed by atoms with van der Waals surface area (Å²) in [5.41, 5.74) is 0. The summed E-state index contributed by atoms with van der Waals surface area (Å²) in [6.07, 6.45) is 10.6. The van der Waals surface area contributed by atoms with E-state index in [4.69, 9.17) is 0 Å². The van der Waals surface area contributed by atoms with Gasteiger partial charge in [0.25, 0.3) is 0 Å². The minimum absolute atomic E-state index is 0.0690. The predicted octanol–water partition coefficient (Wildman–Crippen LogP) is 2.74. The van der Waals surface area contributed by atoms with Gasteiger partial charge in [-0.1, -0.05) is 38.3 Å². The Morgan fingerprint density at radius 1 is 1.05 bits per heavy atom. The minimum Gasteiger partial charge on any atom is -0.481 e. The smallest absolute Gasteiger partial charge is 0.307 e. The van der Waals surface area contributed by atoms with E-state index in [1.807, 2.05) is 12.2 Å². The summed E-state index contributed by atoms with van der Waals surface area (Å²) in [4.78, 5) is 23.7. The highest BCUT2D eigenvalue weighted by Crippen LogP contribution is 2.28. The van der Waals surface area contributed by atoms with Gasteiger partial charge in [0.05, 0.1) is 11.8 Å². The minimum atomic E-state index is -0.858. The van der Waals surface area contributed by atoms with Crippen LogP contribution in [-0.2, 0) is 9.59 Å². The van der Waals surface area contributed by atoms with Gasteiger partial charge >= 0.3 is 5.97 Å². The molecular weight excluding hydrogens is 254 g/mol. The van der Waals surface area contributed by atoms with Crippen molar-refractivity contribution >= 4 is 11.9 Å². The van der Waals surface area contributed by atoms with Crippen molar-refractivity contribution in [1.29, 1.82) is 0 Å². The fourth-order valence-electron chi connectivity index (χ4n) is 3.37. The maximum absolute atomic E-state index is 12.4. The van der Waals surface area contributed by atoms with E-state index in [1.54, 1.807) is 0 Å². The third-order valence-electron chi connectivity index (χ3n) is 4.78. The molecule has 4 nitrogen and oxygen atoms in total. The van der Waals surface area contributed by atoms with E-state index < -0.39 is 17.8 Å². The second-order valence-corrected chi connectivity index (χ2v) is 6.22. The Kier molecular flexibility index (Phi) is 5.21. The molecule has 112 valence electrons. The highest BCUT2D eigenvalue weighted by Gasteiger charge is 2.35. The average molecular weight is 279 g/mol. The third kappa shape index (κ3) is 3.62. The number of rotatable bonds is 3. The van der Waals surface area contributed by atoms with Crippen LogP contribution in [0, 0.1) is 17.8 Å². The molecule has 2 N–H and O–H groups in total. The van der Waals surface area contributed by atoms with E-state index >= 15 is 0 Å². The Hall–Kier alpha value is -1.32. The number of aliphatic carboxylic acids is 1. The molecule has 0 aromatic rings. The quantitative estimate of drug-likeness (QED) is 0.616. The molecule has 0 bridgehead atoms. The van der Waals surface area contributed by atoms with Crippen LogP contribution in [0.1, 0.15) is 51.9 Å². The van der Waals surface area contributed by atoms with Gasteiger partial charge in [-0.15, -0.1) is 0 Å². The first-order valence-corrected chi connectivity index (χ1v) is 7.77. The van der Waals surface area contributed by atoms with Crippen LogP contribution >= 0.6 is 0 Å². The molecule has 4 atom stereocenters. The average Bonchev–Trinajstić information content (AvgIpc) is 2.64. The number of amides is 1. The SMILES string of the molecule is CC1CCCCCC1NC(=O)[C@@H]1CC=CC[C@@H]1C(=O)O. The lowest BCUT2D eigenvalue weighted by molar-refractivity contribution is -0.147. The molecule has 20 heavy (non-hydrogen) atoms. The van der Waals surface area contributed by atoms with E-state index in [9.17, 15) is 14.7 Å².